The molecule has 1 unspecified atom stereocenters. The van der Waals surface area contributed by atoms with Gasteiger partial charge in [-0.05, 0) is 31.0 Å². The summed E-state index contributed by atoms with van der Waals surface area (Å²) in [4.78, 5) is 7.89. The van der Waals surface area contributed by atoms with E-state index < -0.39 is 11.9 Å². The van der Waals surface area contributed by atoms with Crippen molar-refractivity contribution in [3.8, 4) is 6.07 Å². The van der Waals surface area contributed by atoms with Gasteiger partial charge in [-0.25, -0.2) is 4.98 Å². The van der Waals surface area contributed by atoms with Gasteiger partial charge in [0.25, 0.3) is 0 Å². The number of nitriles is 1. The molecule has 1 aliphatic rings. The summed E-state index contributed by atoms with van der Waals surface area (Å²) < 4.78 is 39.1. The summed E-state index contributed by atoms with van der Waals surface area (Å²) >= 11 is 0. The zero-order valence-electron chi connectivity index (χ0n) is 15.1. The van der Waals surface area contributed by atoms with E-state index in [0.717, 1.165) is 19.0 Å². The Morgan fingerprint density at radius 3 is 2.52 bits per heavy atom. The first-order chi connectivity index (χ1) is 12.9. The summed E-state index contributed by atoms with van der Waals surface area (Å²) in [6.45, 7) is 4.70. The van der Waals surface area contributed by atoms with Crippen molar-refractivity contribution < 1.29 is 13.2 Å². The van der Waals surface area contributed by atoms with E-state index in [-0.39, 0.29) is 17.4 Å². The maximum absolute atomic E-state index is 13.0. The van der Waals surface area contributed by atoms with Crippen LogP contribution in [0.4, 0.5) is 19.0 Å². The molecule has 2 aromatic rings. The molecule has 27 heavy (non-hydrogen) atoms. The highest BCUT2D eigenvalue weighted by atomic mass is 19.4. The maximum Gasteiger partial charge on any atom is 0.433 e. The van der Waals surface area contributed by atoms with Gasteiger partial charge in [-0.2, -0.15) is 18.4 Å². The minimum Gasteiger partial charge on any atom is -0.354 e. The quantitative estimate of drug-likeness (QED) is 0.812. The molecule has 0 radical (unpaired) electrons. The van der Waals surface area contributed by atoms with E-state index in [9.17, 15) is 18.4 Å². The third-order valence-electron chi connectivity index (χ3n) is 4.91. The van der Waals surface area contributed by atoms with Gasteiger partial charge in [-0.1, -0.05) is 30.3 Å². The van der Waals surface area contributed by atoms with Crippen LogP contribution in [0.25, 0.3) is 0 Å². The van der Waals surface area contributed by atoms with Crippen LogP contribution in [-0.2, 0) is 12.7 Å². The van der Waals surface area contributed by atoms with E-state index in [1.165, 1.54) is 11.6 Å². The van der Waals surface area contributed by atoms with E-state index in [1.54, 1.807) is 4.90 Å². The number of aromatic nitrogens is 1. The van der Waals surface area contributed by atoms with Crippen LogP contribution in [0, 0.1) is 11.3 Å². The molecule has 0 amide bonds. The van der Waals surface area contributed by atoms with Crippen molar-refractivity contribution in [1.29, 1.82) is 5.26 Å². The summed E-state index contributed by atoms with van der Waals surface area (Å²) in [6, 6.07) is 14.4. The van der Waals surface area contributed by atoms with Gasteiger partial charge in [-0.15, -0.1) is 0 Å². The third kappa shape index (κ3) is 4.58. The van der Waals surface area contributed by atoms with Crippen molar-refractivity contribution in [2.24, 2.45) is 0 Å². The maximum atomic E-state index is 13.0. The Morgan fingerprint density at radius 2 is 1.85 bits per heavy atom. The average molecular weight is 374 g/mol. The van der Waals surface area contributed by atoms with E-state index >= 15 is 0 Å². The van der Waals surface area contributed by atoms with Crippen LogP contribution in [-0.4, -0.2) is 35.6 Å². The predicted octanol–water partition coefficient (Wildman–Crippen LogP) is 4.07. The SMILES string of the molecule is CC1CCN(c2nc(C(F)(F)F)ccc2C#N)CCN1Cc1ccccc1. The first-order valence-electron chi connectivity index (χ1n) is 8.90. The van der Waals surface area contributed by atoms with Crippen LogP contribution in [0.1, 0.15) is 30.2 Å². The lowest BCUT2D eigenvalue weighted by molar-refractivity contribution is -0.141. The van der Waals surface area contributed by atoms with Gasteiger partial charge in [0.1, 0.15) is 17.6 Å². The Hall–Kier alpha value is -2.59. The number of halogens is 3. The Balaban J connectivity index is 1.80. The average Bonchev–Trinajstić information content (AvgIpc) is 2.83. The molecular formula is C20H21F3N4. The van der Waals surface area contributed by atoms with Crippen molar-refractivity contribution >= 4 is 5.82 Å². The molecule has 0 bridgehead atoms. The fraction of sp³-hybridized carbons (Fsp3) is 0.400. The normalized spacial score (nSPS) is 18.8. The summed E-state index contributed by atoms with van der Waals surface area (Å²) in [7, 11) is 0. The van der Waals surface area contributed by atoms with Crippen molar-refractivity contribution in [1.82, 2.24) is 9.88 Å². The number of alkyl halides is 3. The monoisotopic (exact) mass is 374 g/mol. The van der Waals surface area contributed by atoms with Crippen molar-refractivity contribution in [3.63, 3.8) is 0 Å². The van der Waals surface area contributed by atoms with Crippen molar-refractivity contribution in [2.45, 2.75) is 32.1 Å². The molecule has 1 saturated heterocycles. The molecule has 1 atom stereocenters. The van der Waals surface area contributed by atoms with Gasteiger partial charge in [0.15, 0.2) is 0 Å². The highest BCUT2D eigenvalue weighted by molar-refractivity contribution is 5.54. The summed E-state index contributed by atoms with van der Waals surface area (Å²) in [5.74, 6) is 0.126. The minimum absolute atomic E-state index is 0.126. The summed E-state index contributed by atoms with van der Waals surface area (Å²) in [6.07, 6.45) is -3.74. The van der Waals surface area contributed by atoms with Crippen LogP contribution in [0.5, 0.6) is 0 Å². The van der Waals surface area contributed by atoms with Gasteiger partial charge in [0.2, 0.25) is 0 Å². The molecule has 1 aliphatic heterocycles. The molecule has 7 heteroatoms. The van der Waals surface area contributed by atoms with E-state index in [4.69, 9.17) is 0 Å². The predicted molar refractivity (Wildman–Crippen MR) is 97.1 cm³/mol. The van der Waals surface area contributed by atoms with Crippen LogP contribution < -0.4 is 4.90 Å². The zero-order chi connectivity index (χ0) is 19.4. The van der Waals surface area contributed by atoms with Gasteiger partial charge in [-0.3, -0.25) is 4.90 Å². The minimum atomic E-state index is -4.53. The van der Waals surface area contributed by atoms with Gasteiger partial charge >= 0.3 is 6.18 Å². The Bertz CT molecular complexity index is 814. The zero-order valence-corrected chi connectivity index (χ0v) is 15.1. The standard InChI is InChI=1S/C20H21F3N4/c1-15-9-10-26(11-12-27(15)14-16-5-3-2-4-6-16)19-17(13-24)7-8-18(25-19)20(21,22)23/h2-8,15H,9-12,14H2,1H3. The third-order valence-corrected chi connectivity index (χ3v) is 4.91. The first kappa shape index (κ1) is 19.2. The molecule has 4 nitrogen and oxygen atoms in total. The van der Waals surface area contributed by atoms with E-state index in [2.05, 4.69) is 28.9 Å². The topological polar surface area (TPSA) is 43.2 Å². The number of anilines is 1. The Morgan fingerprint density at radius 1 is 1.11 bits per heavy atom. The van der Waals surface area contributed by atoms with Crippen LogP contribution in [0.2, 0.25) is 0 Å². The second-order valence-corrected chi connectivity index (χ2v) is 6.76. The molecule has 0 aliphatic carbocycles. The highest BCUT2D eigenvalue weighted by Gasteiger charge is 2.34. The Labute approximate surface area is 156 Å². The molecule has 142 valence electrons. The van der Waals surface area contributed by atoms with Crippen molar-refractivity contribution in [2.75, 3.05) is 24.5 Å². The van der Waals surface area contributed by atoms with Gasteiger partial charge in [0.05, 0.1) is 5.56 Å². The van der Waals surface area contributed by atoms with Crippen LogP contribution in [0.3, 0.4) is 0 Å². The molecular weight excluding hydrogens is 353 g/mol. The molecule has 1 fully saturated rings. The number of rotatable bonds is 3. The number of benzene rings is 1. The molecule has 1 aromatic carbocycles. The molecule has 0 spiro atoms. The number of hydrogen-bond acceptors (Lipinski definition) is 4. The number of hydrogen-bond donors (Lipinski definition) is 0. The fourth-order valence-electron chi connectivity index (χ4n) is 3.31. The van der Waals surface area contributed by atoms with Crippen LogP contribution >= 0.6 is 0 Å². The number of nitrogens with zero attached hydrogens (tertiary/aromatic N) is 4. The largest absolute Gasteiger partial charge is 0.433 e. The first-order valence-corrected chi connectivity index (χ1v) is 8.90. The summed E-state index contributed by atoms with van der Waals surface area (Å²) in [5, 5.41) is 9.30. The molecule has 0 saturated carbocycles. The second-order valence-electron chi connectivity index (χ2n) is 6.76. The second kappa shape index (κ2) is 7.97. The smallest absolute Gasteiger partial charge is 0.354 e. The van der Waals surface area contributed by atoms with Gasteiger partial charge in [0, 0.05) is 32.2 Å². The van der Waals surface area contributed by atoms with Crippen LogP contribution in [0.15, 0.2) is 42.5 Å². The highest BCUT2D eigenvalue weighted by Crippen LogP contribution is 2.31. The molecule has 3 rings (SSSR count). The lowest BCUT2D eigenvalue weighted by Crippen LogP contribution is -2.34. The van der Waals surface area contributed by atoms with E-state index in [1.807, 2.05) is 24.3 Å². The lowest BCUT2D eigenvalue weighted by Gasteiger charge is -2.26. The molecule has 2 heterocycles. The van der Waals surface area contributed by atoms with E-state index in [0.29, 0.717) is 19.6 Å². The fourth-order valence-corrected chi connectivity index (χ4v) is 3.31. The van der Waals surface area contributed by atoms with Gasteiger partial charge < -0.3 is 4.90 Å². The summed E-state index contributed by atoms with van der Waals surface area (Å²) in [5.41, 5.74) is 0.412. The Kier molecular flexibility index (Phi) is 5.66. The lowest BCUT2D eigenvalue weighted by atomic mass is 10.1. The molecule has 1 aromatic heterocycles. The number of pyridine rings is 1. The van der Waals surface area contributed by atoms with Crippen molar-refractivity contribution in [3.05, 3.63) is 59.3 Å². The molecule has 0 N–H and O–H groups in total.